The second-order valence-electron chi connectivity index (χ2n) is 4.04. The number of nitrogens with one attached hydrogen (secondary N) is 1. The smallest absolute Gasteiger partial charge is 0.274 e. The van der Waals surface area contributed by atoms with Crippen LogP contribution in [0.15, 0.2) is 42.5 Å². The molecule has 20 heavy (non-hydrogen) atoms. The Labute approximate surface area is 114 Å². The van der Waals surface area contributed by atoms with Crippen molar-refractivity contribution in [2.24, 2.45) is 0 Å². The summed E-state index contributed by atoms with van der Waals surface area (Å²) in [7, 11) is 0. The number of hydrogen-bond acceptors (Lipinski definition) is 4. The fraction of sp³-hybridized carbons (Fsp3) is 0.0714. The first-order chi connectivity index (χ1) is 9.61. The zero-order valence-corrected chi connectivity index (χ0v) is 10.3. The van der Waals surface area contributed by atoms with Crippen LogP contribution in [0.3, 0.4) is 0 Å². The maximum absolute atomic E-state index is 13.2. The van der Waals surface area contributed by atoms with Gasteiger partial charge in [0.05, 0.1) is 21.7 Å². The number of nitrogens with zero attached hydrogens (tertiary/aromatic N) is 2. The quantitative estimate of drug-likeness (QED) is 0.684. The molecule has 0 fully saturated rings. The molecule has 5 nitrogen and oxygen atoms in total. The normalized spacial score (nSPS) is 9.80. The number of para-hydroxylation sites is 1. The summed E-state index contributed by atoms with van der Waals surface area (Å²) >= 11 is 0. The lowest BCUT2D eigenvalue weighted by Crippen LogP contribution is -2.04. The second-order valence-corrected chi connectivity index (χ2v) is 4.04. The van der Waals surface area contributed by atoms with Crippen molar-refractivity contribution in [1.82, 2.24) is 0 Å². The summed E-state index contributed by atoms with van der Waals surface area (Å²) in [5, 5.41) is 22.7. The average Bonchev–Trinajstić information content (AvgIpc) is 2.45. The highest BCUT2D eigenvalue weighted by atomic mass is 19.1. The molecule has 0 aliphatic carbocycles. The Bertz CT molecular complexity index is 695. The number of hydrogen-bond donors (Lipinski definition) is 1. The number of benzene rings is 2. The molecule has 1 N–H and O–H groups in total. The predicted molar refractivity (Wildman–Crippen MR) is 71.5 cm³/mol. The van der Waals surface area contributed by atoms with Crippen molar-refractivity contribution < 1.29 is 9.31 Å². The van der Waals surface area contributed by atoms with Crippen LogP contribution in [0.2, 0.25) is 0 Å². The minimum absolute atomic E-state index is 0.0623. The van der Waals surface area contributed by atoms with E-state index in [4.69, 9.17) is 5.26 Å². The molecule has 0 aromatic heterocycles. The summed E-state index contributed by atoms with van der Waals surface area (Å²) in [6.45, 7) is 0.0623. The summed E-state index contributed by atoms with van der Waals surface area (Å²) in [5.74, 6) is -0.541. The van der Waals surface area contributed by atoms with Crippen LogP contribution in [0.1, 0.15) is 11.1 Å². The number of anilines is 1. The van der Waals surface area contributed by atoms with Crippen LogP contribution in [-0.2, 0) is 6.54 Å². The predicted octanol–water partition coefficient (Wildman–Crippen LogP) is 3.22. The van der Waals surface area contributed by atoms with Gasteiger partial charge in [-0.2, -0.15) is 5.26 Å². The lowest BCUT2D eigenvalue weighted by Gasteiger charge is -2.08. The maximum atomic E-state index is 13.2. The highest BCUT2D eigenvalue weighted by Gasteiger charge is 2.14. The van der Waals surface area contributed by atoms with E-state index in [2.05, 4.69) is 5.32 Å². The average molecular weight is 271 g/mol. The molecule has 0 radical (unpaired) electrons. The van der Waals surface area contributed by atoms with E-state index in [9.17, 15) is 14.5 Å². The molecule has 0 saturated carbocycles. The topological polar surface area (TPSA) is 79.0 Å². The zero-order chi connectivity index (χ0) is 14.5. The van der Waals surface area contributed by atoms with Crippen LogP contribution in [0, 0.1) is 27.3 Å². The molecule has 0 saturated heterocycles. The lowest BCUT2D eigenvalue weighted by atomic mass is 10.1. The Hall–Kier alpha value is -2.94. The van der Waals surface area contributed by atoms with Gasteiger partial charge >= 0.3 is 0 Å². The molecule has 0 bridgehead atoms. The van der Waals surface area contributed by atoms with E-state index < -0.39 is 10.7 Å². The SMILES string of the molecule is N#Cc1ccccc1NCc1cc(F)ccc1[N+](=O)[O-]. The molecule has 2 aromatic rings. The van der Waals surface area contributed by atoms with Gasteiger partial charge in [-0.25, -0.2) is 4.39 Å². The van der Waals surface area contributed by atoms with Gasteiger partial charge in [0.1, 0.15) is 11.9 Å². The Kier molecular flexibility index (Phi) is 3.91. The minimum Gasteiger partial charge on any atom is -0.380 e. The van der Waals surface area contributed by atoms with Crippen LogP contribution in [0.25, 0.3) is 0 Å². The van der Waals surface area contributed by atoms with Gasteiger partial charge in [0.25, 0.3) is 5.69 Å². The summed E-state index contributed by atoms with van der Waals surface area (Å²) in [6.07, 6.45) is 0. The lowest BCUT2D eigenvalue weighted by molar-refractivity contribution is -0.385. The van der Waals surface area contributed by atoms with Crippen LogP contribution >= 0.6 is 0 Å². The number of halogens is 1. The van der Waals surface area contributed by atoms with E-state index in [1.807, 2.05) is 6.07 Å². The Morgan fingerprint density at radius 3 is 2.75 bits per heavy atom. The Morgan fingerprint density at radius 1 is 1.30 bits per heavy atom. The molecule has 2 rings (SSSR count). The standard InChI is InChI=1S/C14H10FN3O2/c15-12-5-6-14(18(19)20)11(7-12)9-17-13-4-2-1-3-10(13)8-16/h1-7,17H,9H2. The molecular weight excluding hydrogens is 261 g/mol. The summed E-state index contributed by atoms with van der Waals surface area (Å²) in [4.78, 5) is 10.3. The van der Waals surface area contributed by atoms with Crippen molar-refractivity contribution >= 4 is 11.4 Å². The highest BCUT2D eigenvalue weighted by molar-refractivity contribution is 5.58. The van der Waals surface area contributed by atoms with Crippen molar-refractivity contribution in [2.75, 3.05) is 5.32 Å². The second kappa shape index (κ2) is 5.80. The molecule has 0 aliphatic rings. The molecule has 0 heterocycles. The molecule has 0 unspecified atom stereocenters. The number of nitro benzene ring substituents is 1. The van der Waals surface area contributed by atoms with E-state index in [1.54, 1.807) is 24.3 Å². The van der Waals surface area contributed by atoms with Crippen molar-refractivity contribution in [3.63, 3.8) is 0 Å². The van der Waals surface area contributed by atoms with Crippen LogP contribution in [-0.4, -0.2) is 4.92 Å². The Morgan fingerprint density at radius 2 is 2.05 bits per heavy atom. The largest absolute Gasteiger partial charge is 0.380 e. The van der Waals surface area contributed by atoms with Crippen LogP contribution < -0.4 is 5.32 Å². The molecule has 100 valence electrons. The first-order valence-corrected chi connectivity index (χ1v) is 5.77. The van der Waals surface area contributed by atoms with Crippen LogP contribution in [0.5, 0.6) is 0 Å². The third-order valence-corrected chi connectivity index (χ3v) is 2.76. The van der Waals surface area contributed by atoms with Gasteiger partial charge in [0.2, 0.25) is 0 Å². The van der Waals surface area contributed by atoms with Gasteiger partial charge in [-0.05, 0) is 24.3 Å². The van der Waals surface area contributed by atoms with Crippen molar-refractivity contribution in [1.29, 1.82) is 5.26 Å². The van der Waals surface area contributed by atoms with E-state index >= 15 is 0 Å². The summed E-state index contributed by atoms with van der Waals surface area (Å²) in [5.41, 5.74) is 1.04. The Balaban J connectivity index is 2.25. The van der Waals surface area contributed by atoms with Crippen molar-refractivity contribution in [2.45, 2.75) is 6.54 Å². The fourth-order valence-corrected chi connectivity index (χ4v) is 1.80. The van der Waals surface area contributed by atoms with E-state index in [0.717, 1.165) is 18.2 Å². The molecule has 6 heteroatoms. The van der Waals surface area contributed by atoms with Crippen LogP contribution in [0.4, 0.5) is 15.8 Å². The minimum atomic E-state index is -0.563. The number of rotatable bonds is 4. The van der Waals surface area contributed by atoms with Gasteiger partial charge in [-0.15, -0.1) is 0 Å². The molecule has 0 spiro atoms. The van der Waals surface area contributed by atoms with E-state index in [1.165, 1.54) is 0 Å². The van der Waals surface area contributed by atoms with Crippen molar-refractivity contribution in [3.8, 4) is 6.07 Å². The monoisotopic (exact) mass is 271 g/mol. The van der Waals surface area contributed by atoms with E-state index in [-0.39, 0.29) is 17.8 Å². The third kappa shape index (κ3) is 2.90. The number of nitriles is 1. The molecular formula is C14H10FN3O2. The third-order valence-electron chi connectivity index (χ3n) is 2.76. The van der Waals surface area contributed by atoms with Gasteiger partial charge in [-0.3, -0.25) is 10.1 Å². The maximum Gasteiger partial charge on any atom is 0.274 e. The van der Waals surface area contributed by atoms with Gasteiger partial charge in [0, 0.05) is 12.6 Å². The first kappa shape index (κ1) is 13.5. The molecule has 2 aromatic carbocycles. The van der Waals surface area contributed by atoms with Gasteiger partial charge in [0.15, 0.2) is 0 Å². The highest BCUT2D eigenvalue weighted by Crippen LogP contribution is 2.22. The number of nitro groups is 1. The van der Waals surface area contributed by atoms with E-state index in [0.29, 0.717) is 11.3 Å². The molecule has 0 amide bonds. The molecule has 0 aliphatic heterocycles. The van der Waals surface area contributed by atoms with Gasteiger partial charge < -0.3 is 5.32 Å². The summed E-state index contributed by atoms with van der Waals surface area (Å²) < 4.78 is 13.2. The molecule has 0 atom stereocenters. The first-order valence-electron chi connectivity index (χ1n) is 5.77. The van der Waals surface area contributed by atoms with Crippen molar-refractivity contribution in [3.05, 3.63) is 69.5 Å². The fourth-order valence-electron chi connectivity index (χ4n) is 1.80. The summed E-state index contributed by atoms with van der Waals surface area (Å²) in [6, 6.07) is 12.1. The van der Waals surface area contributed by atoms with Gasteiger partial charge in [-0.1, -0.05) is 12.1 Å². The zero-order valence-electron chi connectivity index (χ0n) is 10.3.